The van der Waals surface area contributed by atoms with Gasteiger partial charge in [0.2, 0.25) is 0 Å². The number of carbonyl (C=O) groups excluding carboxylic acids is 2. The third-order valence-electron chi connectivity index (χ3n) is 3.67. The molecule has 0 radical (unpaired) electrons. The van der Waals surface area contributed by atoms with Gasteiger partial charge in [-0.1, -0.05) is 0 Å². The van der Waals surface area contributed by atoms with Gasteiger partial charge in [0.05, 0.1) is 14.2 Å². The molecule has 0 saturated heterocycles. The van der Waals surface area contributed by atoms with Crippen LogP contribution < -0.4 is 9.47 Å². The molecule has 4 nitrogen and oxygen atoms in total. The van der Waals surface area contributed by atoms with Crippen molar-refractivity contribution in [3.05, 3.63) is 59.7 Å². The number of Topliss-reactive ketones (excluding diaryl/α,β-unsaturated/α-hetero) is 2. The van der Waals surface area contributed by atoms with Crippen molar-refractivity contribution in [1.82, 2.24) is 0 Å². The van der Waals surface area contributed by atoms with E-state index < -0.39 is 0 Å². The molecule has 0 atom stereocenters. The first-order valence-corrected chi connectivity index (χ1v) is 8.07. The molecule has 0 N–H and O–H groups in total. The third-order valence-corrected chi connectivity index (χ3v) is 4.03. The molecule has 0 aliphatic heterocycles. The molecule has 0 bridgehead atoms. The Morgan fingerprint density at radius 1 is 0.792 bits per heavy atom. The van der Waals surface area contributed by atoms with Crippen LogP contribution in [0.15, 0.2) is 48.5 Å². The fourth-order valence-electron chi connectivity index (χ4n) is 2.29. The second-order valence-corrected chi connectivity index (χ2v) is 6.10. The molecular formula is C19H20O4S. The number of methoxy groups -OCH3 is 2. The monoisotopic (exact) mass is 344 g/mol. The maximum absolute atomic E-state index is 12.2. The molecule has 0 amide bonds. The molecule has 24 heavy (non-hydrogen) atoms. The highest BCUT2D eigenvalue weighted by Crippen LogP contribution is 2.19. The summed E-state index contributed by atoms with van der Waals surface area (Å²) >= 11 is 4.40. The van der Waals surface area contributed by atoms with Gasteiger partial charge in [0.15, 0.2) is 11.6 Å². The van der Waals surface area contributed by atoms with Gasteiger partial charge in [-0.3, -0.25) is 9.59 Å². The fourth-order valence-corrected chi connectivity index (χ4v) is 2.62. The summed E-state index contributed by atoms with van der Waals surface area (Å²) in [5.41, 5.74) is 1.18. The second kappa shape index (κ2) is 8.55. The van der Waals surface area contributed by atoms with Crippen molar-refractivity contribution in [3.8, 4) is 11.5 Å². The van der Waals surface area contributed by atoms with Crippen LogP contribution in [0.5, 0.6) is 11.5 Å². The number of hydrogen-bond donors (Lipinski definition) is 1. The number of rotatable bonds is 8. The average molecular weight is 344 g/mol. The molecule has 126 valence electrons. The van der Waals surface area contributed by atoms with E-state index in [1.807, 2.05) is 0 Å². The summed E-state index contributed by atoms with van der Waals surface area (Å²) in [5.74, 6) is 1.31. The van der Waals surface area contributed by atoms with Crippen LogP contribution in [0.25, 0.3) is 0 Å². The number of ketones is 2. The van der Waals surface area contributed by atoms with E-state index in [0.29, 0.717) is 22.6 Å². The molecule has 2 aromatic rings. The lowest BCUT2D eigenvalue weighted by molar-refractivity contribution is 0.0961. The normalized spacial score (nSPS) is 10.5. The molecule has 0 saturated carbocycles. The molecule has 0 heterocycles. The standard InChI is InChI=1S/C19H20O4S/c1-22-15-7-3-13(4-8-15)18(20)11-17(24)12-19(21)14-5-9-16(23-2)10-6-14/h3-10,17,24H,11-12H2,1-2H3. The van der Waals surface area contributed by atoms with E-state index >= 15 is 0 Å². The first-order chi connectivity index (χ1) is 11.5. The molecular weight excluding hydrogens is 324 g/mol. The predicted octanol–water partition coefficient (Wildman–Crippen LogP) is 3.85. The Labute approximate surface area is 147 Å². The zero-order valence-corrected chi connectivity index (χ0v) is 14.6. The van der Waals surface area contributed by atoms with Crippen molar-refractivity contribution in [2.75, 3.05) is 14.2 Å². The van der Waals surface area contributed by atoms with Gasteiger partial charge >= 0.3 is 0 Å². The van der Waals surface area contributed by atoms with Crippen molar-refractivity contribution < 1.29 is 19.1 Å². The van der Waals surface area contributed by atoms with Crippen LogP contribution in [0.4, 0.5) is 0 Å². The second-order valence-electron chi connectivity index (χ2n) is 5.37. The van der Waals surface area contributed by atoms with Crippen molar-refractivity contribution in [2.45, 2.75) is 18.1 Å². The summed E-state index contributed by atoms with van der Waals surface area (Å²) in [6, 6.07) is 13.8. The minimum atomic E-state index is -0.325. The number of thiol groups is 1. The lowest BCUT2D eigenvalue weighted by atomic mass is 10.0. The van der Waals surface area contributed by atoms with Gasteiger partial charge in [-0.15, -0.1) is 0 Å². The Morgan fingerprint density at radius 3 is 1.42 bits per heavy atom. The van der Waals surface area contributed by atoms with Crippen LogP contribution in [-0.4, -0.2) is 31.0 Å². The summed E-state index contributed by atoms with van der Waals surface area (Å²) in [6.45, 7) is 0. The number of hydrogen-bond acceptors (Lipinski definition) is 5. The smallest absolute Gasteiger partial charge is 0.163 e. The highest BCUT2D eigenvalue weighted by atomic mass is 32.1. The van der Waals surface area contributed by atoms with Gasteiger partial charge in [0.25, 0.3) is 0 Å². The fraction of sp³-hybridized carbons (Fsp3) is 0.263. The first-order valence-electron chi connectivity index (χ1n) is 7.56. The molecule has 0 unspecified atom stereocenters. The van der Waals surface area contributed by atoms with Crippen molar-refractivity contribution in [3.63, 3.8) is 0 Å². The molecule has 2 rings (SSSR count). The van der Waals surface area contributed by atoms with Crippen LogP contribution in [0.1, 0.15) is 33.6 Å². The highest BCUT2D eigenvalue weighted by molar-refractivity contribution is 7.81. The van der Waals surface area contributed by atoms with E-state index in [4.69, 9.17) is 9.47 Å². The largest absolute Gasteiger partial charge is 0.497 e. The first kappa shape index (κ1) is 18.1. The maximum Gasteiger partial charge on any atom is 0.163 e. The predicted molar refractivity (Wildman–Crippen MR) is 96.7 cm³/mol. The summed E-state index contributed by atoms with van der Waals surface area (Å²) in [4.78, 5) is 24.5. The number of ether oxygens (including phenoxy) is 2. The van der Waals surface area contributed by atoms with Crippen molar-refractivity contribution >= 4 is 24.2 Å². The third kappa shape index (κ3) is 4.86. The average Bonchev–Trinajstić information content (AvgIpc) is 2.61. The SMILES string of the molecule is COc1ccc(C(=O)CC(S)CC(=O)c2ccc(OC)cc2)cc1. The molecule has 0 aliphatic rings. The van der Waals surface area contributed by atoms with Gasteiger partial charge in [0, 0.05) is 29.2 Å². The Hall–Kier alpha value is -2.27. The Balaban J connectivity index is 1.92. The molecule has 0 aliphatic carbocycles. The summed E-state index contributed by atoms with van der Waals surface area (Å²) in [7, 11) is 3.15. The van der Waals surface area contributed by atoms with E-state index in [0.717, 1.165) is 0 Å². The summed E-state index contributed by atoms with van der Waals surface area (Å²) < 4.78 is 10.1. The van der Waals surface area contributed by atoms with Gasteiger partial charge < -0.3 is 9.47 Å². The molecule has 0 aromatic heterocycles. The lowest BCUT2D eigenvalue weighted by Gasteiger charge is -2.10. The van der Waals surface area contributed by atoms with Crippen molar-refractivity contribution in [1.29, 1.82) is 0 Å². The Morgan fingerprint density at radius 2 is 1.12 bits per heavy atom. The van der Waals surface area contributed by atoms with Crippen LogP contribution >= 0.6 is 12.6 Å². The van der Waals surface area contributed by atoms with E-state index in [9.17, 15) is 9.59 Å². The van der Waals surface area contributed by atoms with Crippen LogP contribution in [-0.2, 0) is 0 Å². The van der Waals surface area contributed by atoms with E-state index in [2.05, 4.69) is 12.6 Å². The Bertz CT molecular complexity index is 631. The summed E-state index contributed by atoms with van der Waals surface area (Å²) in [5, 5.41) is -0.325. The number of carbonyl (C=O) groups is 2. The molecule has 0 spiro atoms. The van der Waals surface area contributed by atoms with E-state index in [-0.39, 0.29) is 29.7 Å². The Kier molecular flexibility index (Phi) is 6.44. The van der Waals surface area contributed by atoms with Crippen molar-refractivity contribution in [2.24, 2.45) is 0 Å². The maximum atomic E-state index is 12.2. The van der Waals surface area contributed by atoms with Crippen LogP contribution in [0, 0.1) is 0 Å². The van der Waals surface area contributed by atoms with E-state index in [1.54, 1.807) is 62.8 Å². The minimum Gasteiger partial charge on any atom is -0.497 e. The number of benzene rings is 2. The molecule has 2 aromatic carbocycles. The van der Waals surface area contributed by atoms with Crippen LogP contribution in [0.3, 0.4) is 0 Å². The van der Waals surface area contributed by atoms with Gasteiger partial charge in [-0.25, -0.2) is 0 Å². The van der Waals surface area contributed by atoms with Crippen LogP contribution in [0.2, 0.25) is 0 Å². The minimum absolute atomic E-state index is 0.0415. The summed E-state index contributed by atoms with van der Waals surface area (Å²) in [6.07, 6.45) is 0.411. The van der Waals surface area contributed by atoms with Gasteiger partial charge in [-0.2, -0.15) is 12.6 Å². The molecule has 5 heteroatoms. The van der Waals surface area contributed by atoms with Gasteiger partial charge in [0.1, 0.15) is 11.5 Å². The van der Waals surface area contributed by atoms with E-state index in [1.165, 1.54) is 0 Å². The van der Waals surface area contributed by atoms with Gasteiger partial charge in [-0.05, 0) is 48.5 Å². The zero-order valence-electron chi connectivity index (χ0n) is 13.7. The topological polar surface area (TPSA) is 52.6 Å². The lowest BCUT2D eigenvalue weighted by Crippen LogP contribution is -2.13. The highest BCUT2D eigenvalue weighted by Gasteiger charge is 2.16. The molecule has 0 fully saturated rings. The quantitative estimate of drug-likeness (QED) is 0.584. The zero-order chi connectivity index (χ0) is 17.5.